The predicted molar refractivity (Wildman–Crippen MR) is 70.0 cm³/mol. The molecule has 0 atom stereocenters. The summed E-state index contributed by atoms with van der Waals surface area (Å²) in [6.07, 6.45) is 3.07. The van der Waals surface area contributed by atoms with E-state index in [2.05, 4.69) is 20.4 Å². The molecule has 2 heterocycles. The molecule has 0 bridgehead atoms. The first-order valence-electron chi connectivity index (χ1n) is 5.30. The van der Waals surface area contributed by atoms with Gasteiger partial charge in [-0.2, -0.15) is 0 Å². The Labute approximate surface area is 112 Å². The van der Waals surface area contributed by atoms with Crippen LogP contribution in [0.2, 0.25) is 0 Å². The second-order valence-electron chi connectivity index (χ2n) is 3.57. The number of thiazole rings is 1. The Morgan fingerprint density at radius 1 is 1.47 bits per heavy atom. The summed E-state index contributed by atoms with van der Waals surface area (Å²) in [7, 11) is 0. The molecule has 0 spiro atoms. The maximum absolute atomic E-state index is 11.8. The number of amides is 1. The number of nitrogens with zero attached hydrogens (tertiary/aromatic N) is 3. The van der Waals surface area contributed by atoms with Crippen LogP contribution in [-0.2, 0) is 6.54 Å². The predicted octanol–water partition coefficient (Wildman–Crippen LogP) is 0.563. The van der Waals surface area contributed by atoms with Gasteiger partial charge in [0.25, 0.3) is 5.91 Å². The van der Waals surface area contributed by atoms with Gasteiger partial charge in [0.2, 0.25) is 0 Å². The topological polar surface area (TPSA) is 113 Å². The smallest absolute Gasteiger partial charge is 0.270 e. The first-order chi connectivity index (χ1) is 9.20. The lowest BCUT2D eigenvalue weighted by Gasteiger charge is -2.03. The molecule has 98 valence electrons. The summed E-state index contributed by atoms with van der Waals surface area (Å²) in [5, 5.41) is 14.1. The highest BCUT2D eigenvalue weighted by Gasteiger charge is 2.08. The molecule has 7 nitrogen and oxygen atoms in total. The monoisotopic (exact) mass is 277 g/mol. The van der Waals surface area contributed by atoms with E-state index in [0.29, 0.717) is 12.1 Å². The van der Waals surface area contributed by atoms with Gasteiger partial charge in [-0.25, -0.2) is 0 Å². The molecule has 0 aliphatic carbocycles. The molecule has 4 N–H and O–H groups in total. The molecule has 2 rings (SSSR count). The van der Waals surface area contributed by atoms with E-state index in [4.69, 9.17) is 10.9 Å². The largest absolute Gasteiger partial charge is 0.409 e. The maximum Gasteiger partial charge on any atom is 0.270 e. The third-order valence-electron chi connectivity index (χ3n) is 2.31. The van der Waals surface area contributed by atoms with Crippen LogP contribution in [0.4, 0.5) is 0 Å². The third-order valence-corrected chi connectivity index (χ3v) is 3.09. The highest BCUT2D eigenvalue weighted by atomic mass is 32.1. The standard InChI is InChI=1S/C11H11N5O2S/c12-10(16-18)7-1-2-9(14-3-7)11(17)15-5-8-4-13-6-19-8/h1-4,6,18H,5H2,(H2,12,16)(H,15,17). The van der Waals surface area contributed by atoms with E-state index in [1.165, 1.54) is 23.6 Å². The van der Waals surface area contributed by atoms with Crippen LogP contribution in [-0.4, -0.2) is 26.9 Å². The lowest BCUT2D eigenvalue weighted by atomic mass is 10.2. The first kappa shape index (κ1) is 13.0. The van der Waals surface area contributed by atoms with Gasteiger partial charge in [-0.15, -0.1) is 11.3 Å². The number of carbonyl (C=O) groups excluding carboxylic acids is 1. The van der Waals surface area contributed by atoms with Crippen molar-refractivity contribution in [2.75, 3.05) is 0 Å². The molecule has 0 unspecified atom stereocenters. The minimum Gasteiger partial charge on any atom is -0.409 e. The third kappa shape index (κ3) is 3.26. The number of aromatic nitrogens is 2. The molecular formula is C11H11N5O2S. The lowest BCUT2D eigenvalue weighted by molar-refractivity contribution is 0.0946. The summed E-state index contributed by atoms with van der Waals surface area (Å²) in [5.74, 6) is -0.344. The minimum absolute atomic E-state index is 0.0517. The van der Waals surface area contributed by atoms with E-state index in [1.807, 2.05) is 0 Å². The molecule has 2 aromatic rings. The molecule has 19 heavy (non-hydrogen) atoms. The van der Waals surface area contributed by atoms with Gasteiger partial charge in [-0.05, 0) is 12.1 Å². The highest BCUT2D eigenvalue weighted by Crippen LogP contribution is 2.05. The zero-order chi connectivity index (χ0) is 13.7. The van der Waals surface area contributed by atoms with Crippen LogP contribution in [0, 0.1) is 0 Å². The van der Waals surface area contributed by atoms with E-state index in [0.717, 1.165) is 4.88 Å². The number of nitrogens with one attached hydrogen (secondary N) is 1. The molecular weight excluding hydrogens is 266 g/mol. The molecule has 0 radical (unpaired) electrons. The van der Waals surface area contributed by atoms with Crippen LogP contribution >= 0.6 is 11.3 Å². The summed E-state index contributed by atoms with van der Waals surface area (Å²) < 4.78 is 0. The van der Waals surface area contributed by atoms with Crippen molar-refractivity contribution < 1.29 is 10.0 Å². The van der Waals surface area contributed by atoms with Crippen LogP contribution in [0.3, 0.4) is 0 Å². The Kier molecular flexibility index (Phi) is 4.04. The van der Waals surface area contributed by atoms with Crippen molar-refractivity contribution in [3.05, 3.63) is 46.2 Å². The van der Waals surface area contributed by atoms with E-state index in [9.17, 15) is 4.79 Å². The van der Waals surface area contributed by atoms with Crippen LogP contribution in [0.5, 0.6) is 0 Å². The van der Waals surface area contributed by atoms with E-state index in [1.54, 1.807) is 17.8 Å². The molecule has 0 saturated carbocycles. The van der Waals surface area contributed by atoms with Crippen molar-refractivity contribution in [2.45, 2.75) is 6.54 Å². The fraction of sp³-hybridized carbons (Fsp3) is 0.0909. The van der Waals surface area contributed by atoms with Crippen molar-refractivity contribution >= 4 is 23.1 Å². The maximum atomic E-state index is 11.8. The van der Waals surface area contributed by atoms with Gasteiger partial charge in [-0.1, -0.05) is 5.16 Å². The SMILES string of the molecule is N/C(=N/O)c1ccc(C(=O)NCc2cncs2)nc1. The number of amidine groups is 1. The Morgan fingerprint density at radius 3 is 2.89 bits per heavy atom. The van der Waals surface area contributed by atoms with Crippen LogP contribution < -0.4 is 11.1 Å². The van der Waals surface area contributed by atoms with Gasteiger partial charge < -0.3 is 16.3 Å². The Balaban J connectivity index is 1.99. The number of hydrogen-bond donors (Lipinski definition) is 3. The molecule has 0 aromatic carbocycles. The number of nitrogens with two attached hydrogens (primary N) is 1. The summed E-state index contributed by atoms with van der Waals surface area (Å²) in [6.45, 7) is 0.410. The number of hydrogen-bond acceptors (Lipinski definition) is 6. The van der Waals surface area contributed by atoms with Crippen molar-refractivity contribution in [1.29, 1.82) is 0 Å². The van der Waals surface area contributed by atoms with Crippen LogP contribution in [0.25, 0.3) is 0 Å². The number of oxime groups is 1. The molecule has 8 heteroatoms. The average molecular weight is 277 g/mol. The van der Waals surface area contributed by atoms with Gasteiger partial charge in [0.1, 0.15) is 5.69 Å². The Bertz CT molecular complexity index is 580. The summed E-state index contributed by atoms with van der Waals surface area (Å²) in [6, 6.07) is 3.07. The van der Waals surface area contributed by atoms with E-state index < -0.39 is 0 Å². The fourth-order valence-corrected chi connectivity index (χ4v) is 1.86. The summed E-state index contributed by atoms with van der Waals surface area (Å²) >= 11 is 1.46. The summed E-state index contributed by atoms with van der Waals surface area (Å²) in [5.41, 5.74) is 7.81. The molecule has 0 aliphatic heterocycles. The normalized spacial score (nSPS) is 11.3. The van der Waals surface area contributed by atoms with Crippen LogP contribution in [0.15, 0.2) is 35.2 Å². The van der Waals surface area contributed by atoms with E-state index in [-0.39, 0.29) is 17.4 Å². The highest BCUT2D eigenvalue weighted by molar-refractivity contribution is 7.09. The van der Waals surface area contributed by atoms with Crippen LogP contribution in [0.1, 0.15) is 20.9 Å². The lowest BCUT2D eigenvalue weighted by Crippen LogP contribution is -2.23. The molecule has 0 aliphatic rings. The minimum atomic E-state index is -0.292. The Hall–Kier alpha value is -2.48. The average Bonchev–Trinajstić information content (AvgIpc) is 2.97. The number of pyridine rings is 1. The van der Waals surface area contributed by atoms with Gasteiger partial charge in [-0.3, -0.25) is 14.8 Å². The molecule has 1 amide bonds. The second-order valence-corrected chi connectivity index (χ2v) is 4.54. The first-order valence-corrected chi connectivity index (χ1v) is 6.18. The van der Waals surface area contributed by atoms with Crippen molar-refractivity contribution in [3.63, 3.8) is 0 Å². The van der Waals surface area contributed by atoms with Gasteiger partial charge in [0, 0.05) is 22.8 Å². The fourth-order valence-electron chi connectivity index (χ4n) is 1.32. The number of carbonyl (C=O) groups is 1. The number of rotatable bonds is 4. The van der Waals surface area contributed by atoms with E-state index >= 15 is 0 Å². The summed E-state index contributed by atoms with van der Waals surface area (Å²) in [4.78, 5) is 20.6. The molecule has 2 aromatic heterocycles. The molecule has 0 saturated heterocycles. The Morgan fingerprint density at radius 2 is 2.32 bits per heavy atom. The van der Waals surface area contributed by atoms with Crippen molar-refractivity contribution in [3.8, 4) is 0 Å². The zero-order valence-electron chi connectivity index (χ0n) is 9.78. The van der Waals surface area contributed by atoms with Crippen molar-refractivity contribution in [1.82, 2.24) is 15.3 Å². The van der Waals surface area contributed by atoms with Crippen molar-refractivity contribution in [2.24, 2.45) is 10.9 Å². The van der Waals surface area contributed by atoms with Gasteiger partial charge in [0.05, 0.1) is 12.1 Å². The molecule has 0 fully saturated rings. The second kappa shape index (κ2) is 5.91. The quantitative estimate of drug-likeness (QED) is 0.327. The zero-order valence-corrected chi connectivity index (χ0v) is 10.6. The van der Waals surface area contributed by atoms with Gasteiger partial charge >= 0.3 is 0 Å². The van der Waals surface area contributed by atoms with Gasteiger partial charge in [0.15, 0.2) is 5.84 Å².